The zero-order valence-electron chi connectivity index (χ0n) is 11.0. The lowest BCUT2D eigenvalue weighted by Crippen LogP contribution is -2.35. The highest BCUT2D eigenvalue weighted by Crippen LogP contribution is 2.33. The Morgan fingerprint density at radius 1 is 1.58 bits per heavy atom. The van der Waals surface area contributed by atoms with Crippen LogP contribution in [0.15, 0.2) is 0 Å². The van der Waals surface area contributed by atoms with Crippen LogP contribution in [-0.4, -0.2) is 41.8 Å². The molecule has 0 saturated carbocycles. The predicted molar refractivity (Wildman–Crippen MR) is 74.5 cm³/mol. The van der Waals surface area contributed by atoms with E-state index >= 15 is 0 Å². The summed E-state index contributed by atoms with van der Waals surface area (Å²) in [5.41, 5.74) is 6.15. The predicted octanol–water partition coefficient (Wildman–Crippen LogP) is 1.11. The second-order valence-corrected chi connectivity index (χ2v) is 5.33. The molecular weight excluding hydrogens is 266 g/mol. The molecule has 1 saturated heterocycles. The number of anilines is 2. The SMILES string of the molecule is CCOC(=O)c1c(N)nsc1N1CCC(CO)CC1. The van der Waals surface area contributed by atoms with Gasteiger partial charge in [-0.1, -0.05) is 0 Å². The smallest absolute Gasteiger partial charge is 0.345 e. The lowest BCUT2D eigenvalue weighted by atomic mass is 9.98. The van der Waals surface area contributed by atoms with Gasteiger partial charge in [0.2, 0.25) is 0 Å². The molecule has 0 atom stereocenters. The maximum Gasteiger partial charge on any atom is 0.345 e. The molecule has 106 valence electrons. The summed E-state index contributed by atoms with van der Waals surface area (Å²) >= 11 is 1.23. The summed E-state index contributed by atoms with van der Waals surface area (Å²) in [4.78, 5) is 14.0. The second kappa shape index (κ2) is 6.21. The monoisotopic (exact) mass is 285 g/mol. The van der Waals surface area contributed by atoms with Gasteiger partial charge in [0.15, 0.2) is 5.82 Å². The van der Waals surface area contributed by atoms with Gasteiger partial charge in [-0.25, -0.2) is 4.79 Å². The van der Waals surface area contributed by atoms with Crippen LogP contribution in [-0.2, 0) is 4.74 Å². The summed E-state index contributed by atoms with van der Waals surface area (Å²) in [6, 6.07) is 0. The van der Waals surface area contributed by atoms with Gasteiger partial charge in [-0.15, -0.1) is 0 Å². The molecule has 2 rings (SSSR count). The first-order chi connectivity index (χ1) is 9.17. The van der Waals surface area contributed by atoms with Crippen LogP contribution in [0.1, 0.15) is 30.1 Å². The number of aliphatic hydroxyl groups is 1. The molecular formula is C12H19N3O3S. The molecule has 1 aromatic rings. The molecule has 1 aromatic heterocycles. The molecule has 1 aliphatic rings. The first-order valence-corrected chi connectivity index (χ1v) is 7.22. The molecule has 2 heterocycles. The van der Waals surface area contributed by atoms with E-state index in [4.69, 9.17) is 15.6 Å². The van der Waals surface area contributed by atoms with Crippen molar-refractivity contribution in [3.63, 3.8) is 0 Å². The molecule has 6 nitrogen and oxygen atoms in total. The third kappa shape index (κ3) is 2.98. The van der Waals surface area contributed by atoms with Gasteiger partial charge in [-0.3, -0.25) is 0 Å². The Balaban J connectivity index is 2.15. The standard InChI is InChI=1S/C12H19N3O3S/c1-2-18-12(17)9-10(13)14-19-11(9)15-5-3-8(7-16)4-6-15/h8,16H,2-7H2,1H3,(H2,13,14). The molecule has 0 spiro atoms. The van der Waals surface area contributed by atoms with Gasteiger partial charge < -0.3 is 20.5 Å². The van der Waals surface area contributed by atoms with Crippen molar-refractivity contribution in [1.29, 1.82) is 0 Å². The molecule has 0 unspecified atom stereocenters. The Labute approximate surface area is 116 Å². The van der Waals surface area contributed by atoms with E-state index in [2.05, 4.69) is 9.27 Å². The zero-order chi connectivity index (χ0) is 13.8. The van der Waals surface area contributed by atoms with Crippen molar-refractivity contribution in [1.82, 2.24) is 4.37 Å². The summed E-state index contributed by atoms with van der Waals surface area (Å²) in [7, 11) is 0. The lowest BCUT2D eigenvalue weighted by Gasteiger charge is -2.31. The van der Waals surface area contributed by atoms with E-state index in [9.17, 15) is 4.79 Å². The first-order valence-electron chi connectivity index (χ1n) is 6.45. The Morgan fingerprint density at radius 3 is 2.84 bits per heavy atom. The molecule has 0 bridgehead atoms. The van der Waals surface area contributed by atoms with Crippen molar-refractivity contribution in [3.05, 3.63) is 5.56 Å². The molecule has 0 amide bonds. The number of carbonyl (C=O) groups excluding carboxylic acids is 1. The van der Waals surface area contributed by atoms with Crippen LogP contribution in [0.3, 0.4) is 0 Å². The van der Waals surface area contributed by atoms with Crippen molar-refractivity contribution < 1.29 is 14.6 Å². The Kier molecular flexibility index (Phi) is 4.60. The van der Waals surface area contributed by atoms with Crippen LogP contribution < -0.4 is 10.6 Å². The number of carbonyl (C=O) groups is 1. The Morgan fingerprint density at radius 2 is 2.26 bits per heavy atom. The molecule has 0 aliphatic carbocycles. The molecule has 3 N–H and O–H groups in total. The van der Waals surface area contributed by atoms with Crippen LogP contribution in [0.2, 0.25) is 0 Å². The lowest BCUT2D eigenvalue weighted by molar-refractivity contribution is 0.0528. The van der Waals surface area contributed by atoms with Gasteiger partial charge in [0.05, 0.1) is 6.61 Å². The number of aliphatic hydroxyl groups excluding tert-OH is 1. The van der Waals surface area contributed by atoms with Crippen LogP contribution >= 0.6 is 11.5 Å². The van der Waals surface area contributed by atoms with Gasteiger partial charge >= 0.3 is 5.97 Å². The maximum atomic E-state index is 11.9. The highest BCUT2D eigenvalue weighted by molar-refractivity contribution is 7.11. The maximum absolute atomic E-state index is 11.9. The minimum absolute atomic E-state index is 0.226. The van der Waals surface area contributed by atoms with Gasteiger partial charge in [0.1, 0.15) is 10.6 Å². The fourth-order valence-corrected chi connectivity index (χ4v) is 3.08. The summed E-state index contributed by atoms with van der Waals surface area (Å²) in [6.07, 6.45) is 1.83. The van der Waals surface area contributed by atoms with E-state index in [0.717, 1.165) is 30.9 Å². The largest absolute Gasteiger partial charge is 0.462 e. The van der Waals surface area contributed by atoms with Crippen LogP contribution in [0, 0.1) is 5.92 Å². The molecule has 1 fully saturated rings. The highest BCUT2D eigenvalue weighted by Gasteiger charge is 2.27. The van der Waals surface area contributed by atoms with Crippen molar-refractivity contribution >= 4 is 28.3 Å². The van der Waals surface area contributed by atoms with Crippen LogP contribution in [0.5, 0.6) is 0 Å². The van der Waals surface area contributed by atoms with Crippen molar-refractivity contribution in [2.24, 2.45) is 5.92 Å². The molecule has 0 radical (unpaired) electrons. The number of ether oxygens (including phenoxy) is 1. The second-order valence-electron chi connectivity index (χ2n) is 4.58. The fraction of sp³-hybridized carbons (Fsp3) is 0.667. The first kappa shape index (κ1) is 14.1. The Bertz CT molecular complexity index is 441. The normalized spacial score (nSPS) is 16.6. The average molecular weight is 285 g/mol. The van der Waals surface area contributed by atoms with E-state index in [-0.39, 0.29) is 12.4 Å². The number of hydrogen-bond acceptors (Lipinski definition) is 7. The average Bonchev–Trinajstić information content (AvgIpc) is 2.81. The van der Waals surface area contributed by atoms with E-state index in [1.807, 2.05) is 0 Å². The topological polar surface area (TPSA) is 88.7 Å². The number of nitrogens with zero attached hydrogens (tertiary/aromatic N) is 2. The summed E-state index contributed by atoms with van der Waals surface area (Å²) in [5.74, 6) is 0.184. The van der Waals surface area contributed by atoms with E-state index in [0.29, 0.717) is 18.1 Å². The number of hydrogen-bond donors (Lipinski definition) is 2. The van der Waals surface area contributed by atoms with Crippen molar-refractivity contribution in [3.8, 4) is 0 Å². The molecule has 19 heavy (non-hydrogen) atoms. The number of esters is 1. The summed E-state index contributed by atoms with van der Waals surface area (Å²) in [6.45, 7) is 3.92. The number of aromatic nitrogens is 1. The zero-order valence-corrected chi connectivity index (χ0v) is 11.8. The quantitative estimate of drug-likeness (QED) is 0.806. The highest BCUT2D eigenvalue weighted by atomic mass is 32.1. The van der Waals surface area contributed by atoms with Crippen LogP contribution in [0.25, 0.3) is 0 Å². The third-order valence-electron chi connectivity index (χ3n) is 3.34. The summed E-state index contributed by atoms with van der Waals surface area (Å²) in [5, 5.41) is 9.93. The minimum Gasteiger partial charge on any atom is -0.462 e. The fourth-order valence-electron chi connectivity index (χ4n) is 2.22. The van der Waals surface area contributed by atoms with Gasteiger partial charge in [-0.05, 0) is 37.2 Å². The molecule has 7 heteroatoms. The molecule has 1 aliphatic heterocycles. The van der Waals surface area contributed by atoms with Crippen LogP contribution in [0.4, 0.5) is 10.8 Å². The number of nitrogen functional groups attached to an aromatic ring is 1. The van der Waals surface area contributed by atoms with Crippen molar-refractivity contribution in [2.45, 2.75) is 19.8 Å². The molecule has 0 aromatic carbocycles. The minimum atomic E-state index is -0.409. The Hall–Kier alpha value is -1.34. The van der Waals surface area contributed by atoms with E-state index in [1.165, 1.54) is 11.5 Å². The van der Waals surface area contributed by atoms with Gasteiger partial charge in [0, 0.05) is 19.7 Å². The van der Waals surface area contributed by atoms with Gasteiger partial charge in [0.25, 0.3) is 0 Å². The van der Waals surface area contributed by atoms with E-state index < -0.39 is 5.97 Å². The number of rotatable bonds is 4. The van der Waals surface area contributed by atoms with Gasteiger partial charge in [-0.2, -0.15) is 4.37 Å². The van der Waals surface area contributed by atoms with Crippen molar-refractivity contribution in [2.75, 3.05) is 36.9 Å². The third-order valence-corrected chi connectivity index (χ3v) is 4.26. The number of piperidine rings is 1. The summed E-state index contributed by atoms with van der Waals surface area (Å²) < 4.78 is 9.08. The number of nitrogens with two attached hydrogens (primary N) is 1. The van der Waals surface area contributed by atoms with E-state index in [1.54, 1.807) is 6.92 Å².